The van der Waals surface area contributed by atoms with Gasteiger partial charge in [-0.3, -0.25) is 20.2 Å². The second-order valence-corrected chi connectivity index (χ2v) is 7.58. The van der Waals surface area contributed by atoms with Gasteiger partial charge in [0.2, 0.25) is 0 Å². The van der Waals surface area contributed by atoms with E-state index in [1.165, 1.54) is 29.9 Å². The van der Waals surface area contributed by atoms with Crippen LogP contribution in [-0.4, -0.2) is 30.9 Å². The molecule has 0 saturated carbocycles. The number of para-hydroxylation sites is 1. The van der Waals surface area contributed by atoms with Gasteiger partial charge in [0.1, 0.15) is 11.0 Å². The Kier molecular flexibility index (Phi) is 5.80. The summed E-state index contributed by atoms with van der Waals surface area (Å²) in [5.74, 6) is -0.573. The number of carbonyl (C=O) groups is 1. The number of thiocarbonyl (C=S) groups is 1. The maximum absolute atomic E-state index is 12.6. The molecule has 1 amide bonds. The number of nitro groups is 1. The van der Waals surface area contributed by atoms with Crippen LogP contribution in [0, 0.1) is 17.0 Å². The van der Waals surface area contributed by atoms with Gasteiger partial charge >= 0.3 is 0 Å². The zero-order chi connectivity index (χ0) is 22.8. The minimum atomic E-state index is -0.573. The van der Waals surface area contributed by atoms with Crippen LogP contribution in [0.4, 0.5) is 11.4 Å². The van der Waals surface area contributed by atoms with Crippen LogP contribution in [0.25, 0.3) is 16.7 Å². The van der Waals surface area contributed by atoms with E-state index in [4.69, 9.17) is 23.8 Å². The highest BCUT2D eigenvalue weighted by Gasteiger charge is 2.19. The van der Waals surface area contributed by atoms with Gasteiger partial charge in [-0.1, -0.05) is 35.9 Å². The van der Waals surface area contributed by atoms with Gasteiger partial charge in [0.15, 0.2) is 5.11 Å². The molecule has 0 spiro atoms. The van der Waals surface area contributed by atoms with Crippen molar-refractivity contribution < 1.29 is 9.72 Å². The molecule has 4 aromatic rings. The van der Waals surface area contributed by atoms with E-state index in [-0.39, 0.29) is 21.9 Å². The molecule has 160 valence electrons. The second-order valence-electron chi connectivity index (χ2n) is 6.76. The first-order valence-electron chi connectivity index (χ1n) is 9.32. The van der Waals surface area contributed by atoms with Crippen molar-refractivity contribution in [3.8, 4) is 5.69 Å². The van der Waals surface area contributed by atoms with E-state index < -0.39 is 10.8 Å². The molecule has 0 atom stereocenters. The number of nitro benzene ring substituents is 1. The molecule has 3 aromatic carbocycles. The zero-order valence-corrected chi connectivity index (χ0v) is 18.1. The molecule has 9 nitrogen and oxygen atoms in total. The SMILES string of the molecule is Cc1c(C(=O)NC(=S)Nc2cc3nn(-c4ccccc4)nc3cc2Cl)cccc1[N+](=O)[O-]. The summed E-state index contributed by atoms with van der Waals surface area (Å²) in [6.07, 6.45) is 0. The molecule has 1 aromatic heterocycles. The number of rotatable bonds is 4. The Labute approximate surface area is 192 Å². The smallest absolute Gasteiger partial charge is 0.273 e. The number of benzene rings is 3. The van der Waals surface area contributed by atoms with Gasteiger partial charge in [0.05, 0.1) is 21.3 Å². The van der Waals surface area contributed by atoms with Crippen LogP contribution < -0.4 is 10.6 Å². The minimum absolute atomic E-state index is 0.0161. The van der Waals surface area contributed by atoms with Crippen molar-refractivity contribution in [3.05, 3.63) is 86.9 Å². The van der Waals surface area contributed by atoms with Gasteiger partial charge in [-0.2, -0.15) is 4.80 Å². The molecule has 0 saturated heterocycles. The molecule has 32 heavy (non-hydrogen) atoms. The fourth-order valence-electron chi connectivity index (χ4n) is 3.10. The molecular formula is C21H15ClN6O3S. The van der Waals surface area contributed by atoms with Gasteiger partial charge in [0.25, 0.3) is 11.6 Å². The van der Waals surface area contributed by atoms with E-state index in [1.807, 2.05) is 30.3 Å². The van der Waals surface area contributed by atoms with Crippen molar-refractivity contribution >= 4 is 57.2 Å². The van der Waals surface area contributed by atoms with Gasteiger partial charge in [0, 0.05) is 17.2 Å². The second kappa shape index (κ2) is 8.69. The first kappa shape index (κ1) is 21.3. The Morgan fingerprint density at radius 2 is 1.78 bits per heavy atom. The molecule has 11 heteroatoms. The third kappa shape index (κ3) is 4.27. The minimum Gasteiger partial charge on any atom is -0.331 e. The predicted octanol–water partition coefficient (Wildman–Crippen LogP) is 4.42. The molecule has 0 aliphatic rings. The fraction of sp³-hybridized carbons (Fsp3) is 0.0476. The van der Waals surface area contributed by atoms with Crippen LogP contribution in [0.2, 0.25) is 5.02 Å². The quantitative estimate of drug-likeness (QED) is 0.260. The summed E-state index contributed by atoms with van der Waals surface area (Å²) >= 11 is 11.6. The van der Waals surface area contributed by atoms with Crippen molar-refractivity contribution in [2.75, 3.05) is 5.32 Å². The van der Waals surface area contributed by atoms with Gasteiger partial charge in [-0.15, -0.1) is 10.2 Å². The third-order valence-corrected chi connectivity index (χ3v) is 5.19. The van der Waals surface area contributed by atoms with Gasteiger partial charge < -0.3 is 5.32 Å². The Morgan fingerprint density at radius 1 is 1.09 bits per heavy atom. The van der Waals surface area contributed by atoms with E-state index in [2.05, 4.69) is 20.8 Å². The van der Waals surface area contributed by atoms with Crippen LogP contribution in [0.1, 0.15) is 15.9 Å². The number of halogens is 1. The standard InChI is InChI=1S/C21H15ClN6O3S/c1-12-14(8-5-9-19(12)28(30)31)20(29)24-21(32)23-16-11-18-17(10-15(16)22)25-27(26-18)13-6-3-2-4-7-13/h2-11H,1H3,(H2,23,24,29,32). The van der Waals surface area contributed by atoms with Crippen LogP contribution in [0.5, 0.6) is 0 Å². The molecule has 0 aliphatic heterocycles. The first-order chi connectivity index (χ1) is 15.3. The van der Waals surface area contributed by atoms with Crippen molar-refractivity contribution in [3.63, 3.8) is 0 Å². The summed E-state index contributed by atoms with van der Waals surface area (Å²) in [5, 5.41) is 25.7. The summed E-state index contributed by atoms with van der Waals surface area (Å²) in [7, 11) is 0. The van der Waals surface area contributed by atoms with E-state index in [0.717, 1.165) is 5.69 Å². The number of amides is 1. The van der Waals surface area contributed by atoms with E-state index in [1.54, 1.807) is 12.1 Å². The highest BCUT2D eigenvalue weighted by Crippen LogP contribution is 2.27. The molecule has 0 radical (unpaired) electrons. The number of carbonyl (C=O) groups excluding carboxylic acids is 1. The van der Waals surface area contributed by atoms with E-state index in [9.17, 15) is 14.9 Å². The summed E-state index contributed by atoms with van der Waals surface area (Å²) in [4.78, 5) is 24.6. The lowest BCUT2D eigenvalue weighted by atomic mass is 10.1. The number of fused-ring (bicyclic) bond motifs is 1. The van der Waals surface area contributed by atoms with Gasteiger partial charge in [-0.05, 0) is 49.5 Å². The summed E-state index contributed by atoms with van der Waals surface area (Å²) in [6.45, 7) is 1.50. The van der Waals surface area contributed by atoms with Crippen molar-refractivity contribution in [2.24, 2.45) is 0 Å². The zero-order valence-electron chi connectivity index (χ0n) is 16.6. The molecule has 0 bridgehead atoms. The number of nitrogens with one attached hydrogen (secondary N) is 2. The maximum atomic E-state index is 12.6. The average Bonchev–Trinajstić information content (AvgIpc) is 3.17. The van der Waals surface area contributed by atoms with E-state index >= 15 is 0 Å². The van der Waals surface area contributed by atoms with Crippen LogP contribution in [0.15, 0.2) is 60.7 Å². The number of hydrogen-bond donors (Lipinski definition) is 2. The number of anilines is 1. The first-order valence-corrected chi connectivity index (χ1v) is 10.1. The lowest BCUT2D eigenvalue weighted by Crippen LogP contribution is -2.34. The van der Waals surface area contributed by atoms with Gasteiger partial charge in [-0.25, -0.2) is 0 Å². The molecule has 0 fully saturated rings. The monoisotopic (exact) mass is 466 g/mol. The van der Waals surface area contributed by atoms with Crippen LogP contribution >= 0.6 is 23.8 Å². The Bertz CT molecular complexity index is 1370. The predicted molar refractivity (Wildman–Crippen MR) is 125 cm³/mol. The Balaban J connectivity index is 1.54. The fourth-order valence-corrected chi connectivity index (χ4v) is 3.51. The van der Waals surface area contributed by atoms with Crippen molar-refractivity contribution in [1.29, 1.82) is 0 Å². The lowest BCUT2D eigenvalue weighted by molar-refractivity contribution is -0.385. The number of nitrogens with zero attached hydrogens (tertiary/aromatic N) is 4. The summed E-state index contributed by atoms with van der Waals surface area (Å²) in [5.41, 5.74) is 2.64. The molecule has 0 unspecified atom stereocenters. The summed E-state index contributed by atoms with van der Waals surface area (Å²) in [6, 6.07) is 17.0. The van der Waals surface area contributed by atoms with Crippen LogP contribution in [-0.2, 0) is 0 Å². The molecule has 4 rings (SSSR count). The maximum Gasteiger partial charge on any atom is 0.273 e. The molecule has 1 heterocycles. The van der Waals surface area contributed by atoms with Crippen molar-refractivity contribution in [2.45, 2.75) is 6.92 Å². The third-order valence-electron chi connectivity index (χ3n) is 4.68. The van der Waals surface area contributed by atoms with Crippen molar-refractivity contribution in [1.82, 2.24) is 20.3 Å². The Morgan fingerprint density at radius 3 is 2.47 bits per heavy atom. The highest BCUT2D eigenvalue weighted by atomic mass is 35.5. The number of aromatic nitrogens is 3. The largest absolute Gasteiger partial charge is 0.331 e. The van der Waals surface area contributed by atoms with Crippen LogP contribution in [0.3, 0.4) is 0 Å². The topological polar surface area (TPSA) is 115 Å². The highest BCUT2D eigenvalue weighted by molar-refractivity contribution is 7.80. The molecular weight excluding hydrogens is 452 g/mol. The Hall–Kier alpha value is -3.89. The number of hydrogen-bond acceptors (Lipinski definition) is 6. The normalized spacial score (nSPS) is 10.7. The molecule has 2 N–H and O–H groups in total. The lowest BCUT2D eigenvalue weighted by Gasteiger charge is -2.12. The summed E-state index contributed by atoms with van der Waals surface area (Å²) < 4.78 is 0. The van der Waals surface area contributed by atoms with E-state index in [0.29, 0.717) is 21.7 Å². The average molecular weight is 467 g/mol. The molecule has 0 aliphatic carbocycles.